The number of nitriles is 1. The Morgan fingerprint density at radius 1 is 0.424 bits per heavy atom. The summed E-state index contributed by atoms with van der Waals surface area (Å²) in [5.74, 6) is 1.60. The topological polar surface area (TPSA) is 85.5 Å². The molecule has 0 unspecified atom stereocenters. The van der Waals surface area contributed by atoms with E-state index in [1.807, 2.05) is 66.7 Å². The highest BCUT2D eigenvalue weighted by Gasteiger charge is 2.25. The maximum Gasteiger partial charge on any atom is 0.164 e. The van der Waals surface area contributed by atoms with Gasteiger partial charge in [0.25, 0.3) is 0 Å². The molecule has 59 heavy (non-hydrogen) atoms. The van der Waals surface area contributed by atoms with Gasteiger partial charge in [-0.1, -0.05) is 133 Å². The minimum absolute atomic E-state index is 0.428. The number of fused-ring (bicyclic) bond motifs is 9. The highest BCUT2D eigenvalue weighted by Crippen LogP contribution is 2.44. The van der Waals surface area contributed by atoms with Crippen LogP contribution in [0.5, 0.6) is 0 Å². The maximum atomic E-state index is 10.5. The first-order valence-corrected chi connectivity index (χ1v) is 19.5. The van der Waals surface area contributed by atoms with Gasteiger partial charge in [-0.15, -0.1) is 0 Å². The van der Waals surface area contributed by atoms with Gasteiger partial charge < -0.3 is 13.6 Å². The summed E-state index contributed by atoms with van der Waals surface area (Å²) >= 11 is 0. The predicted molar refractivity (Wildman–Crippen MR) is 237 cm³/mol. The zero-order valence-corrected chi connectivity index (χ0v) is 31.4. The number of hydrogen-bond donors (Lipinski definition) is 0. The number of hydrogen-bond acceptors (Lipinski definition) is 5. The molecule has 7 nitrogen and oxygen atoms in total. The van der Waals surface area contributed by atoms with Gasteiger partial charge in [0.1, 0.15) is 11.7 Å². The van der Waals surface area contributed by atoms with Crippen LogP contribution in [0.2, 0.25) is 0 Å². The Morgan fingerprint density at radius 2 is 0.847 bits per heavy atom. The minimum atomic E-state index is 0.428. The summed E-state index contributed by atoms with van der Waals surface area (Å²) in [6.45, 7) is 0. The monoisotopic (exact) mass is 754 g/mol. The Bertz CT molecular complexity index is 3520. The van der Waals surface area contributed by atoms with Crippen molar-refractivity contribution in [2.45, 2.75) is 0 Å². The number of benzene rings is 8. The minimum Gasteiger partial charge on any atom is -0.455 e. The third-order valence-electron chi connectivity index (χ3n) is 11.4. The molecule has 0 N–H and O–H groups in total. The molecule has 0 saturated carbocycles. The molecule has 7 heteroatoms. The number of furan rings is 1. The number of nitrogens with zero attached hydrogens (tertiary/aromatic N) is 6. The Balaban J connectivity index is 1.23. The van der Waals surface area contributed by atoms with Crippen LogP contribution in [0.1, 0.15) is 5.56 Å². The second-order valence-corrected chi connectivity index (χ2v) is 14.7. The lowest BCUT2D eigenvalue weighted by Gasteiger charge is -2.17. The lowest BCUT2D eigenvalue weighted by atomic mass is 10.0. The van der Waals surface area contributed by atoms with Crippen molar-refractivity contribution in [2.24, 2.45) is 0 Å². The van der Waals surface area contributed by atoms with Gasteiger partial charge in [0.15, 0.2) is 23.1 Å². The van der Waals surface area contributed by atoms with Crippen LogP contribution >= 0.6 is 0 Å². The van der Waals surface area contributed by atoms with E-state index in [0.29, 0.717) is 34.2 Å². The van der Waals surface area contributed by atoms with Crippen LogP contribution in [0, 0.1) is 11.3 Å². The molecule has 0 aliphatic rings. The van der Waals surface area contributed by atoms with E-state index in [9.17, 15) is 5.26 Å². The van der Waals surface area contributed by atoms with Gasteiger partial charge in [0, 0.05) is 55.1 Å². The van der Waals surface area contributed by atoms with Crippen LogP contribution in [0.25, 0.3) is 111 Å². The number of para-hydroxylation sites is 4. The first-order valence-electron chi connectivity index (χ1n) is 19.5. The molecule has 0 aliphatic carbocycles. The fourth-order valence-electron chi connectivity index (χ4n) is 8.83. The standard InChI is InChI=1S/C52H30N6O/c53-31-34-27-28-39(52-55-50(32-15-3-1-4-16-32)54-51(56-52)33-17-5-2-6-18-33)48-40-29-45(57-41-23-11-7-19-35(41)36-20-8-12-24-42(36)57)46(30-47(40)59-49(34)48)58-43-25-13-9-21-37(43)38-22-10-14-26-44(38)58/h1-30H. The van der Waals surface area contributed by atoms with Gasteiger partial charge in [0.05, 0.1) is 39.0 Å². The number of aromatic nitrogens is 5. The van der Waals surface area contributed by atoms with E-state index in [4.69, 9.17) is 19.4 Å². The second-order valence-electron chi connectivity index (χ2n) is 14.7. The van der Waals surface area contributed by atoms with Gasteiger partial charge in [-0.2, -0.15) is 5.26 Å². The second kappa shape index (κ2) is 12.8. The van der Waals surface area contributed by atoms with Crippen molar-refractivity contribution in [1.82, 2.24) is 24.1 Å². The molecule has 12 rings (SSSR count). The third kappa shape index (κ3) is 4.97. The zero-order valence-electron chi connectivity index (χ0n) is 31.4. The largest absolute Gasteiger partial charge is 0.455 e. The van der Waals surface area contributed by atoms with E-state index < -0.39 is 0 Å². The van der Waals surface area contributed by atoms with Crippen LogP contribution in [-0.2, 0) is 0 Å². The molecule has 12 aromatic rings. The molecule has 0 saturated heterocycles. The molecule has 8 aromatic carbocycles. The van der Waals surface area contributed by atoms with Crippen molar-refractivity contribution in [3.63, 3.8) is 0 Å². The summed E-state index contributed by atoms with van der Waals surface area (Å²) < 4.78 is 11.6. The van der Waals surface area contributed by atoms with E-state index in [2.05, 4.69) is 124 Å². The lowest BCUT2D eigenvalue weighted by molar-refractivity contribution is 0.667. The quantitative estimate of drug-likeness (QED) is 0.175. The summed E-state index contributed by atoms with van der Waals surface area (Å²) in [7, 11) is 0. The van der Waals surface area contributed by atoms with Crippen molar-refractivity contribution in [1.29, 1.82) is 5.26 Å². The summed E-state index contributed by atoms with van der Waals surface area (Å²) in [5, 5.41) is 16.8. The molecule has 0 bridgehead atoms. The van der Waals surface area contributed by atoms with E-state index >= 15 is 0 Å². The average Bonchev–Trinajstić information content (AvgIpc) is 3.96. The van der Waals surface area contributed by atoms with Crippen LogP contribution < -0.4 is 0 Å². The molecule has 4 heterocycles. The molecular weight excluding hydrogens is 725 g/mol. The average molecular weight is 755 g/mol. The first kappa shape index (κ1) is 32.9. The van der Waals surface area contributed by atoms with Crippen molar-refractivity contribution < 1.29 is 4.42 Å². The molecule has 274 valence electrons. The summed E-state index contributed by atoms with van der Waals surface area (Å²) in [6, 6.07) is 64.6. The zero-order chi connectivity index (χ0) is 39.0. The highest BCUT2D eigenvalue weighted by atomic mass is 16.3. The van der Waals surface area contributed by atoms with Crippen LogP contribution in [0.4, 0.5) is 0 Å². The van der Waals surface area contributed by atoms with Gasteiger partial charge in [0.2, 0.25) is 0 Å². The maximum absolute atomic E-state index is 10.5. The Labute approximate surface area is 337 Å². The van der Waals surface area contributed by atoms with Gasteiger partial charge in [-0.05, 0) is 42.5 Å². The van der Waals surface area contributed by atoms with Gasteiger partial charge in [-0.3, -0.25) is 0 Å². The van der Waals surface area contributed by atoms with Crippen LogP contribution in [0.3, 0.4) is 0 Å². The molecule has 0 spiro atoms. The van der Waals surface area contributed by atoms with E-state index in [1.54, 1.807) is 6.07 Å². The highest BCUT2D eigenvalue weighted by molar-refractivity contribution is 6.16. The smallest absolute Gasteiger partial charge is 0.164 e. The Kier molecular flexibility index (Phi) is 7.16. The Hall–Kier alpha value is -8.34. The summed E-state index contributed by atoms with van der Waals surface area (Å²) in [5.41, 5.74) is 10.3. The lowest BCUT2D eigenvalue weighted by Crippen LogP contribution is -2.03. The molecule has 0 fully saturated rings. The fraction of sp³-hybridized carbons (Fsp3) is 0. The first-order chi connectivity index (χ1) is 29.2. The van der Waals surface area contributed by atoms with Crippen molar-refractivity contribution in [2.75, 3.05) is 0 Å². The van der Waals surface area contributed by atoms with Gasteiger partial charge in [-0.25, -0.2) is 15.0 Å². The van der Waals surface area contributed by atoms with E-state index in [0.717, 1.165) is 82.4 Å². The third-order valence-corrected chi connectivity index (χ3v) is 11.4. The molecule has 0 aliphatic heterocycles. The van der Waals surface area contributed by atoms with E-state index in [-0.39, 0.29) is 0 Å². The van der Waals surface area contributed by atoms with Gasteiger partial charge >= 0.3 is 0 Å². The van der Waals surface area contributed by atoms with E-state index in [1.165, 1.54) is 0 Å². The van der Waals surface area contributed by atoms with Crippen molar-refractivity contribution in [3.05, 3.63) is 188 Å². The molecule has 0 atom stereocenters. The van der Waals surface area contributed by atoms with Crippen molar-refractivity contribution in [3.8, 4) is 51.6 Å². The summed E-state index contributed by atoms with van der Waals surface area (Å²) in [4.78, 5) is 15.2. The molecule has 0 amide bonds. The van der Waals surface area contributed by atoms with Crippen LogP contribution in [0.15, 0.2) is 186 Å². The predicted octanol–water partition coefficient (Wildman–Crippen LogP) is 12.8. The molecular formula is C52H30N6O. The van der Waals surface area contributed by atoms with Crippen molar-refractivity contribution >= 4 is 65.6 Å². The SMILES string of the molecule is N#Cc1ccc(-c2nc(-c3ccccc3)nc(-c3ccccc3)n2)c2c1oc1cc(-n3c4ccccc4c4ccccc43)c(-n3c4ccccc4c4ccccc43)cc12. The van der Waals surface area contributed by atoms with Crippen LogP contribution in [-0.4, -0.2) is 24.1 Å². The molecule has 0 radical (unpaired) electrons. The summed E-state index contributed by atoms with van der Waals surface area (Å²) in [6.07, 6.45) is 0. The Morgan fingerprint density at radius 3 is 1.32 bits per heavy atom. The number of rotatable bonds is 5. The normalized spacial score (nSPS) is 11.7. The molecule has 4 aromatic heterocycles. The fourth-order valence-corrected chi connectivity index (χ4v) is 8.83.